The Balaban J connectivity index is 1.44. The first-order valence-corrected chi connectivity index (χ1v) is 11.8. The number of carbonyl (C=O) groups is 1. The summed E-state index contributed by atoms with van der Waals surface area (Å²) in [7, 11) is 3.93. The highest BCUT2D eigenvalue weighted by molar-refractivity contribution is 5.98. The normalized spacial score (nSPS) is 19.4. The molecule has 1 fully saturated rings. The molecule has 2 N–H and O–H groups in total. The van der Waals surface area contributed by atoms with Crippen molar-refractivity contribution in [3.63, 3.8) is 0 Å². The van der Waals surface area contributed by atoms with Crippen LogP contribution in [0, 0.1) is 0 Å². The van der Waals surface area contributed by atoms with Crippen LogP contribution in [0.2, 0.25) is 0 Å². The summed E-state index contributed by atoms with van der Waals surface area (Å²) in [5.74, 6) is 0.924. The van der Waals surface area contributed by atoms with Gasteiger partial charge in [0.05, 0.1) is 17.3 Å². The zero-order valence-corrected chi connectivity index (χ0v) is 19.4. The van der Waals surface area contributed by atoms with E-state index in [0.29, 0.717) is 0 Å². The number of hydrogen-bond donors (Lipinski definition) is 2. The van der Waals surface area contributed by atoms with Crippen LogP contribution in [-0.2, 0) is 4.79 Å². The third-order valence-electron chi connectivity index (χ3n) is 7.03. The number of hydrogen-bond acceptors (Lipinski definition) is 4. The summed E-state index contributed by atoms with van der Waals surface area (Å²) < 4.78 is 8.83. The number of rotatable bonds is 4. The van der Waals surface area contributed by atoms with E-state index in [0.717, 1.165) is 64.2 Å². The highest BCUT2D eigenvalue weighted by Gasteiger charge is 2.30. The van der Waals surface area contributed by atoms with Crippen molar-refractivity contribution in [1.82, 2.24) is 9.47 Å². The number of amides is 1. The lowest BCUT2D eigenvalue weighted by Crippen LogP contribution is -2.37. The summed E-state index contributed by atoms with van der Waals surface area (Å²) in [6.45, 7) is 0.971. The summed E-state index contributed by atoms with van der Waals surface area (Å²) in [6, 6.07) is 24.8. The van der Waals surface area contributed by atoms with Crippen molar-refractivity contribution >= 4 is 28.2 Å². The van der Waals surface area contributed by atoms with Gasteiger partial charge in [-0.25, -0.2) is 0 Å². The first kappa shape index (κ1) is 20.8. The fraction of sp³-hybridized carbons (Fsp3) is 0.250. The van der Waals surface area contributed by atoms with Crippen molar-refractivity contribution in [2.45, 2.75) is 25.1 Å². The average molecular weight is 453 g/mol. The monoisotopic (exact) mass is 452 g/mol. The van der Waals surface area contributed by atoms with E-state index >= 15 is 0 Å². The molecule has 1 aromatic heterocycles. The van der Waals surface area contributed by atoms with Crippen molar-refractivity contribution in [3.8, 4) is 17.0 Å². The standard InChI is InChI=1S/C28H28N4O2/c1-29-20-10-12-22-25-16-19-15-21(30-27(33)24-9-6-14-31(24)2)11-13-23(19)32(25)28(34-26(22)17-20)18-7-4-3-5-8-18/h3-5,7-8,10-13,15-17,24,28-29H,6,9,14H2,1-2H3,(H,30,33). The van der Waals surface area contributed by atoms with Crippen molar-refractivity contribution in [2.75, 3.05) is 31.3 Å². The Morgan fingerprint density at radius 1 is 1.00 bits per heavy atom. The molecule has 6 rings (SSSR count). The third kappa shape index (κ3) is 3.42. The summed E-state index contributed by atoms with van der Waals surface area (Å²) in [5, 5.41) is 7.41. The zero-order chi connectivity index (χ0) is 23.2. The maximum atomic E-state index is 12.8. The molecule has 0 radical (unpaired) electrons. The average Bonchev–Trinajstić information content (AvgIpc) is 3.47. The molecule has 34 heavy (non-hydrogen) atoms. The maximum Gasteiger partial charge on any atom is 0.241 e. The van der Waals surface area contributed by atoms with Crippen LogP contribution in [0.25, 0.3) is 22.2 Å². The summed E-state index contributed by atoms with van der Waals surface area (Å²) in [4.78, 5) is 15.0. The van der Waals surface area contributed by atoms with Crippen LogP contribution in [0.4, 0.5) is 11.4 Å². The van der Waals surface area contributed by atoms with Gasteiger partial charge in [-0.05, 0) is 62.8 Å². The molecule has 2 aliphatic rings. The first-order chi connectivity index (χ1) is 16.6. The second kappa shape index (κ2) is 8.22. The quantitative estimate of drug-likeness (QED) is 0.440. The minimum Gasteiger partial charge on any atom is -0.465 e. The summed E-state index contributed by atoms with van der Waals surface area (Å²) in [5.41, 5.74) is 6.15. The maximum absolute atomic E-state index is 12.8. The number of likely N-dealkylation sites (N-methyl/N-ethyl adjacent to an activating group) is 1. The lowest BCUT2D eigenvalue weighted by atomic mass is 10.1. The molecule has 2 unspecified atom stereocenters. The summed E-state index contributed by atoms with van der Waals surface area (Å²) in [6.07, 6.45) is 1.70. The van der Waals surface area contributed by atoms with E-state index in [1.54, 1.807) is 0 Å². The Hall–Kier alpha value is -3.77. The highest BCUT2D eigenvalue weighted by Crippen LogP contribution is 2.45. The molecule has 3 heterocycles. The number of fused-ring (bicyclic) bond motifs is 5. The molecule has 0 saturated carbocycles. The fourth-order valence-corrected chi connectivity index (χ4v) is 5.24. The molecule has 172 valence electrons. The van der Waals surface area contributed by atoms with Gasteiger partial charge in [-0.1, -0.05) is 30.3 Å². The van der Waals surface area contributed by atoms with Crippen LogP contribution in [0.5, 0.6) is 5.75 Å². The van der Waals surface area contributed by atoms with E-state index in [4.69, 9.17) is 4.74 Å². The molecule has 0 aliphatic carbocycles. The van der Waals surface area contributed by atoms with Gasteiger partial charge in [-0.15, -0.1) is 0 Å². The van der Waals surface area contributed by atoms with E-state index in [1.165, 1.54) is 0 Å². The molecule has 1 saturated heterocycles. The number of anilines is 2. The second-order valence-electron chi connectivity index (χ2n) is 9.14. The number of likely N-dealkylation sites (tertiary alicyclic amines) is 1. The largest absolute Gasteiger partial charge is 0.465 e. The first-order valence-electron chi connectivity index (χ1n) is 11.8. The smallest absolute Gasteiger partial charge is 0.241 e. The van der Waals surface area contributed by atoms with Crippen LogP contribution < -0.4 is 15.4 Å². The van der Waals surface area contributed by atoms with Crippen LogP contribution in [0.15, 0.2) is 72.8 Å². The van der Waals surface area contributed by atoms with Gasteiger partial charge in [-0.3, -0.25) is 9.69 Å². The van der Waals surface area contributed by atoms with Gasteiger partial charge >= 0.3 is 0 Å². The van der Waals surface area contributed by atoms with Crippen molar-refractivity contribution < 1.29 is 9.53 Å². The Morgan fingerprint density at radius 2 is 1.82 bits per heavy atom. The van der Waals surface area contributed by atoms with Crippen LogP contribution in [-0.4, -0.2) is 42.1 Å². The summed E-state index contributed by atoms with van der Waals surface area (Å²) >= 11 is 0. The predicted molar refractivity (Wildman–Crippen MR) is 136 cm³/mol. The second-order valence-corrected chi connectivity index (χ2v) is 9.14. The Bertz CT molecular complexity index is 1380. The lowest BCUT2D eigenvalue weighted by molar-refractivity contribution is -0.119. The molecule has 1 amide bonds. The molecule has 4 aromatic rings. The van der Waals surface area contributed by atoms with Gasteiger partial charge in [0.15, 0.2) is 0 Å². The molecule has 3 aromatic carbocycles. The van der Waals surface area contributed by atoms with E-state index in [1.807, 2.05) is 38.4 Å². The number of nitrogens with one attached hydrogen (secondary N) is 2. The van der Waals surface area contributed by atoms with Crippen molar-refractivity contribution in [1.29, 1.82) is 0 Å². The predicted octanol–water partition coefficient (Wildman–Crippen LogP) is 5.32. The van der Waals surface area contributed by atoms with Crippen LogP contribution in [0.1, 0.15) is 24.6 Å². The Morgan fingerprint density at radius 3 is 2.59 bits per heavy atom. The number of nitrogens with zero attached hydrogens (tertiary/aromatic N) is 2. The molecular weight excluding hydrogens is 424 g/mol. The molecule has 2 atom stereocenters. The van der Waals surface area contributed by atoms with Crippen LogP contribution >= 0.6 is 0 Å². The van der Waals surface area contributed by atoms with Gasteiger partial charge < -0.3 is 19.9 Å². The van der Waals surface area contributed by atoms with E-state index < -0.39 is 0 Å². The fourth-order valence-electron chi connectivity index (χ4n) is 5.24. The van der Waals surface area contributed by atoms with Crippen molar-refractivity contribution in [3.05, 3.63) is 78.4 Å². The van der Waals surface area contributed by atoms with Gasteiger partial charge in [0.2, 0.25) is 12.1 Å². The van der Waals surface area contributed by atoms with Crippen molar-refractivity contribution in [2.24, 2.45) is 0 Å². The molecule has 6 heteroatoms. The molecule has 2 aliphatic heterocycles. The number of aromatic nitrogens is 1. The molecule has 0 spiro atoms. The molecule has 6 nitrogen and oxygen atoms in total. The van der Waals surface area contributed by atoms with E-state index in [9.17, 15) is 4.79 Å². The molecular formula is C28H28N4O2. The zero-order valence-electron chi connectivity index (χ0n) is 19.4. The third-order valence-corrected chi connectivity index (χ3v) is 7.03. The number of carbonyl (C=O) groups excluding carboxylic acids is 1. The molecule has 0 bridgehead atoms. The number of benzene rings is 3. The van der Waals surface area contributed by atoms with Crippen LogP contribution in [0.3, 0.4) is 0 Å². The van der Waals surface area contributed by atoms with Gasteiger partial charge in [-0.2, -0.15) is 0 Å². The Kier molecular flexibility index (Phi) is 5.03. The van der Waals surface area contributed by atoms with Gasteiger partial charge in [0.25, 0.3) is 0 Å². The topological polar surface area (TPSA) is 58.5 Å². The van der Waals surface area contributed by atoms with Gasteiger partial charge in [0.1, 0.15) is 5.75 Å². The minimum atomic E-state index is -0.277. The SMILES string of the molecule is CNc1ccc2c(c1)OC(c1ccccc1)n1c-2cc2cc(NC(=O)C3CCCN3C)ccc21. The van der Waals surface area contributed by atoms with E-state index in [2.05, 4.69) is 68.6 Å². The highest BCUT2D eigenvalue weighted by atomic mass is 16.5. The number of ether oxygens (including phenoxy) is 1. The minimum absolute atomic E-state index is 0.0537. The van der Waals surface area contributed by atoms with Gasteiger partial charge in [0, 0.05) is 41.0 Å². The lowest BCUT2D eigenvalue weighted by Gasteiger charge is -2.30. The Labute approximate surface area is 199 Å². The van der Waals surface area contributed by atoms with E-state index in [-0.39, 0.29) is 18.2 Å².